The molecule has 2 aromatic carbocycles. The Bertz CT molecular complexity index is 1420. The number of aliphatic carboxylic acids is 1. The number of aromatic amines is 1. The van der Waals surface area contributed by atoms with Crippen LogP contribution in [0.25, 0.3) is 10.9 Å². The lowest BCUT2D eigenvalue weighted by Crippen LogP contribution is -2.48. The summed E-state index contributed by atoms with van der Waals surface area (Å²) in [5.41, 5.74) is 0.891. The number of aromatic nitrogens is 3. The van der Waals surface area contributed by atoms with E-state index in [1.54, 1.807) is 42.9 Å². The predicted molar refractivity (Wildman–Crippen MR) is 127 cm³/mol. The van der Waals surface area contributed by atoms with Gasteiger partial charge in [-0.25, -0.2) is 13.4 Å². The number of rotatable bonds is 11. The molecule has 1 atom stereocenters. The van der Waals surface area contributed by atoms with Gasteiger partial charge in [0.1, 0.15) is 24.1 Å². The number of hydrogen-bond donors (Lipinski definition) is 4. The number of sulfonamides is 1. The molecule has 0 aliphatic rings. The number of imidazole rings is 1. The third-order valence-electron chi connectivity index (χ3n) is 5.13. The molecular weight excluding hydrogens is 474 g/mol. The summed E-state index contributed by atoms with van der Waals surface area (Å²) in [5, 5.41) is 12.6. The minimum Gasteiger partial charge on any atom is -0.492 e. The molecule has 2 heterocycles. The highest BCUT2D eigenvalue weighted by Crippen LogP contribution is 2.22. The summed E-state index contributed by atoms with van der Waals surface area (Å²) < 4.78 is 34.6. The molecule has 182 valence electrons. The van der Waals surface area contributed by atoms with Crippen molar-refractivity contribution in [3.63, 3.8) is 0 Å². The first-order valence-corrected chi connectivity index (χ1v) is 12.1. The fourth-order valence-corrected chi connectivity index (χ4v) is 4.55. The van der Waals surface area contributed by atoms with Gasteiger partial charge in [0, 0.05) is 29.8 Å². The Morgan fingerprint density at radius 2 is 1.94 bits per heavy atom. The molecule has 4 N–H and O–H groups in total. The van der Waals surface area contributed by atoms with E-state index in [0.29, 0.717) is 24.4 Å². The van der Waals surface area contributed by atoms with Crippen LogP contribution in [0.3, 0.4) is 0 Å². The minimum absolute atomic E-state index is 0.0729. The quantitative estimate of drug-likeness (QED) is 0.245. The van der Waals surface area contributed by atoms with Crippen molar-refractivity contribution in [3.8, 4) is 5.75 Å². The highest BCUT2D eigenvalue weighted by molar-refractivity contribution is 7.89. The molecular formula is C23H23N5O6S. The van der Waals surface area contributed by atoms with Crippen molar-refractivity contribution < 1.29 is 27.9 Å². The van der Waals surface area contributed by atoms with Gasteiger partial charge in [-0.05, 0) is 36.4 Å². The van der Waals surface area contributed by atoms with Crippen molar-refractivity contribution in [2.24, 2.45) is 0 Å². The first kappa shape index (κ1) is 24.0. The Balaban J connectivity index is 1.37. The van der Waals surface area contributed by atoms with Crippen molar-refractivity contribution >= 4 is 32.8 Å². The Morgan fingerprint density at radius 1 is 1.14 bits per heavy atom. The Hall–Kier alpha value is -4.16. The number of benzene rings is 2. The number of H-pyrrole nitrogens is 1. The van der Waals surface area contributed by atoms with Gasteiger partial charge in [-0.15, -0.1) is 0 Å². The van der Waals surface area contributed by atoms with Gasteiger partial charge < -0.3 is 24.7 Å². The molecule has 12 heteroatoms. The molecule has 1 amide bonds. The van der Waals surface area contributed by atoms with E-state index in [1.807, 2.05) is 10.8 Å². The summed E-state index contributed by atoms with van der Waals surface area (Å²) >= 11 is 0. The topological polar surface area (TPSA) is 155 Å². The molecule has 0 fully saturated rings. The van der Waals surface area contributed by atoms with Gasteiger partial charge in [0.25, 0.3) is 5.91 Å². The van der Waals surface area contributed by atoms with Crippen molar-refractivity contribution in [1.82, 2.24) is 24.6 Å². The number of carbonyl (C=O) groups is 2. The van der Waals surface area contributed by atoms with E-state index in [4.69, 9.17) is 4.74 Å². The third-order valence-corrected chi connectivity index (χ3v) is 6.62. The molecule has 0 bridgehead atoms. The second-order valence-electron chi connectivity index (χ2n) is 7.62. The highest BCUT2D eigenvalue weighted by Gasteiger charge is 2.26. The Morgan fingerprint density at radius 3 is 2.66 bits per heavy atom. The van der Waals surface area contributed by atoms with Crippen LogP contribution in [0, 0.1) is 0 Å². The maximum atomic E-state index is 12.6. The van der Waals surface area contributed by atoms with Crippen LogP contribution in [-0.4, -0.2) is 59.1 Å². The van der Waals surface area contributed by atoms with E-state index in [9.17, 15) is 23.1 Å². The van der Waals surface area contributed by atoms with Gasteiger partial charge in [-0.1, -0.05) is 18.2 Å². The average Bonchev–Trinajstić information content (AvgIpc) is 3.51. The van der Waals surface area contributed by atoms with Crippen LogP contribution in [0.4, 0.5) is 0 Å². The normalized spacial score (nSPS) is 12.3. The Kier molecular flexibility index (Phi) is 7.13. The van der Waals surface area contributed by atoms with Crippen molar-refractivity contribution in [3.05, 3.63) is 79.0 Å². The predicted octanol–water partition coefficient (Wildman–Crippen LogP) is 1.60. The van der Waals surface area contributed by atoms with Gasteiger partial charge >= 0.3 is 5.97 Å². The van der Waals surface area contributed by atoms with Crippen LogP contribution < -0.4 is 14.8 Å². The van der Waals surface area contributed by atoms with Gasteiger partial charge in [0.05, 0.1) is 17.8 Å². The van der Waals surface area contributed by atoms with Gasteiger partial charge in [-0.3, -0.25) is 9.59 Å². The molecule has 0 aliphatic carbocycles. The number of nitrogens with zero attached hydrogens (tertiary/aromatic N) is 2. The van der Waals surface area contributed by atoms with Crippen LogP contribution in [0.5, 0.6) is 5.75 Å². The minimum atomic E-state index is -4.07. The van der Waals surface area contributed by atoms with E-state index in [-0.39, 0.29) is 10.6 Å². The van der Waals surface area contributed by atoms with Crippen LogP contribution >= 0.6 is 0 Å². The number of carbonyl (C=O) groups excluding carboxylic acids is 1. The summed E-state index contributed by atoms with van der Waals surface area (Å²) in [4.78, 5) is 31.1. The molecule has 0 radical (unpaired) electrons. The van der Waals surface area contributed by atoms with Gasteiger partial charge in [0.15, 0.2) is 0 Å². The van der Waals surface area contributed by atoms with Crippen molar-refractivity contribution in [2.75, 3.05) is 13.2 Å². The van der Waals surface area contributed by atoms with Gasteiger partial charge in [-0.2, -0.15) is 4.72 Å². The lowest BCUT2D eigenvalue weighted by atomic mass is 10.2. The van der Waals surface area contributed by atoms with E-state index >= 15 is 0 Å². The zero-order chi connectivity index (χ0) is 24.8. The first-order chi connectivity index (χ1) is 16.8. The lowest BCUT2D eigenvalue weighted by molar-refractivity contribution is -0.138. The molecule has 0 aliphatic heterocycles. The molecule has 11 nitrogen and oxygen atoms in total. The first-order valence-electron chi connectivity index (χ1n) is 10.6. The summed E-state index contributed by atoms with van der Waals surface area (Å²) in [5.74, 6) is -1.36. The second-order valence-corrected chi connectivity index (χ2v) is 9.33. The number of nitrogens with one attached hydrogen (secondary N) is 3. The smallest absolute Gasteiger partial charge is 0.323 e. The average molecular weight is 498 g/mol. The number of amides is 1. The molecule has 2 aromatic heterocycles. The molecule has 0 unspecified atom stereocenters. The monoisotopic (exact) mass is 497 g/mol. The maximum Gasteiger partial charge on any atom is 0.323 e. The van der Waals surface area contributed by atoms with Crippen LogP contribution in [0.1, 0.15) is 10.5 Å². The van der Waals surface area contributed by atoms with Crippen LogP contribution in [-0.2, 0) is 21.4 Å². The van der Waals surface area contributed by atoms with Gasteiger partial charge in [0.2, 0.25) is 10.0 Å². The fraction of sp³-hybridized carbons (Fsp3) is 0.174. The van der Waals surface area contributed by atoms with Crippen LogP contribution in [0.15, 0.2) is 78.2 Å². The molecule has 0 saturated heterocycles. The van der Waals surface area contributed by atoms with E-state index in [2.05, 4.69) is 20.0 Å². The standard InChI is InChI=1S/C23H23N5O6S/c29-22(25-14-21(23(30)31)27-35(32,33)18-4-2-1-3-5-18)20-13-16-12-17(6-7-19(16)26-20)34-11-10-28-9-8-24-15-28/h1-9,12-13,15,21,26-27H,10-11,14H2,(H,25,29)(H,30,31)/t21-/m0/s1. The molecule has 0 saturated carbocycles. The van der Waals surface area contributed by atoms with Crippen molar-refractivity contribution in [1.29, 1.82) is 0 Å². The summed E-state index contributed by atoms with van der Waals surface area (Å²) in [6, 6.07) is 12.8. The second kappa shape index (κ2) is 10.4. The molecule has 35 heavy (non-hydrogen) atoms. The Labute approximate surface area is 200 Å². The van der Waals surface area contributed by atoms with Crippen molar-refractivity contribution in [2.45, 2.75) is 17.5 Å². The zero-order valence-electron chi connectivity index (χ0n) is 18.4. The number of carboxylic acid groups (broad SMARTS) is 1. The summed E-state index contributed by atoms with van der Waals surface area (Å²) in [6.45, 7) is 0.630. The SMILES string of the molecule is O=C(NC[C@H](NS(=O)(=O)c1ccccc1)C(=O)O)c1cc2cc(OCCn3ccnc3)ccc2[nH]1. The molecule has 0 spiro atoms. The summed E-state index contributed by atoms with van der Waals surface area (Å²) in [6.07, 6.45) is 5.23. The number of fused-ring (bicyclic) bond motifs is 1. The highest BCUT2D eigenvalue weighted by atomic mass is 32.2. The van der Waals surface area contributed by atoms with E-state index in [1.165, 1.54) is 24.3 Å². The third kappa shape index (κ3) is 6.05. The van der Waals surface area contributed by atoms with Crippen LogP contribution in [0.2, 0.25) is 0 Å². The molecule has 4 aromatic rings. The maximum absolute atomic E-state index is 12.6. The lowest BCUT2D eigenvalue weighted by Gasteiger charge is -2.15. The number of hydrogen-bond acceptors (Lipinski definition) is 6. The molecule has 4 rings (SSSR count). The fourth-order valence-electron chi connectivity index (χ4n) is 3.34. The summed E-state index contributed by atoms with van der Waals surface area (Å²) in [7, 11) is -4.07. The number of ether oxygens (including phenoxy) is 1. The van der Waals surface area contributed by atoms with E-state index < -0.39 is 34.5 Å². The zero-order valence-corrected chi connectivity index (χ0v) is 19.2. The van der Waals surface area contributed by atoms with E-state index in [0.717, 1.165) is 5.39 Å². The largest absolute Gasteiger partial charge is 0.492 e. The number of carboxylic acids is 1.